The molecule has 0 saturated carbocycles. The molecule has 1 aromatic carbocycles. The molecule has 0 aliphatic carbocycles. The summed E-state index contributed by atoms with van der Waals surface area (Å²) in [6.07, 6.45) is 8.34. The maximum absolute atomic E-state index is 12.7. The lowest BCUT2D eigenvalue weighted by atomic mass is 10.0. The predicted octanol–water partition coefficient (Wildman–Crippen LogP) is 4.37. The molecule has 2 aromatic rings. The number of hydrogen-bond donors (Lipinski definition) is 0. The zero-order valence-corrected chi connectivity index (χ0v) is 16.2. The number of thioether (sulfide) groups is 1. The largest absolute Gasteiger partial charge is 0.339 e. The van der Waals surface area contributed by atoms with Crippen molar-refractivity contribution in [2.45, 2.75) is 57.7 Å². The average molecular weight is 358 g/mol. The first kappa shape index (κ1) is 18.1. The highest BCUT2D eigenvalue weighted by atomic mass is 32.2. The number of imidazole rings is 1. The molecule has 1 amide bonds. The third kappa shape index (κ3) is 4.27. The fourth-order valence-electron chi connectivity index (χ4n) is 3.65. The van der Waals surface area contributed by atoms with Gasteiger partial charge in [0.25, 0.3) is 0 Å². The van der Waals surface area contributed by atoms with Gasteiger partial charge >= 0.3 is 0 Å². The number of likely N-dealkylation sites (tertiary alicyclic amines) is 1. The van der Waals surface area contributed by atoms with Crippen LogP contribution in [0.1, 0.15) is 43.7 Å². The van der Waals surface area contributed by atoms with Crippen LogP contribution in [0, 0.1) is 13.8 Å². The van der Waals surface area contributed by atoms with Gasteiger partial charge in [0.1, 0.15) is 0 Å². The van der Waals surface area contributed by atoms with Gasteiger partial charge in [-0.1, -0.05) is 24.8 Å². The standard InChI is InChI=1S/C20H27N3OS/c1-4-17-7-5-6-9-22(17)19(24)14-25-20-21-8-10-23(20)18-12-15(2)11-16(3)13-18/h8,10-13,17H,4-7,9,14H2,1-3H3. The highest BCUT2D eigenvalue weighted by Crippen LogP contribution is 2.25. The van der Waals surface area contributed by atoms with Crippen molar-refractivity contribution in [1.29, 1.82) is 0 Å². The van der Waals surface area contributed by atoms with Gasteiger partial charge in [0.15, 0.2) is 5.16 Å². The molecule has 134 valence electrons. The molecule has 3 rings (SSSR count). The number of nitrogens with zero attached hydrogens (tertiary/aromatic N) is 3. The van der Waals surface area contributed by atoms with Crippen molar-refractivity contribution in [2.24, 2.45) is 0 Å². The number of carbonyl (C=O) groups is 1. The molecule has 4 nitrogen and oxygen atoms in total. The Kier molecular flexibility index (Phi) is 5.84. The third-order valence-electron chi connectivity index (χ3n) is 4.83. The maximum atomic E-state index is 12.7. The highest BCUT2D eigenvalue weighted by Gasteiger charge is 2.25. The summed E-state index contributed by atoms with van der Waals surface area (Å²) in [5, 5.41) is 0.878. The van der Waals surface area contributed by atoms with E-state index in [1.165, 1.54) is 29.3 Å². The van der Waals surface area contributed by atoms with Crippen molar-refractivity contribution in [3.63, 3.8) is 0 Å². The first-order valence-electron chi connectivity index (χ1n) is 9.12. The van der Waals surface area contributed by atoms with Crippen molar-refractivity contribution in [2.75, 3.05) is 12.3 Å². The van der Waals surface area contributed by atoms with Crippen LogP contribution in [0.4, 0.5) is 0 Å². The summed E-state index contributed by atoms with van der Waals surface area (Å²) < 4.78 is 2.07. The molecule has 1 atom stereocenters. The number of rotatable bonds is 5. The Hall–Kier alpha value is -1.75. The van der Waals surface area contributed by atoms with Crippen LogP contribution in [0.5, 0.6) is 0 Å². The number of aryl methyl sites for hydroxylation is 2. The molecule has 0 bridgehead atoms. The van der Waals surface area contributed by atoms with Gasteiger partial charge in [-0.15, -0.1) is 0 Å². The molecule has 1 fully saturated rings. The topological polar surface area (TPSA) is 38.1 Å². The summed E-state index contributed by atoms with van der Waals surface area (Å²) in [5.41, 5.74) is 3.57. The molecule has 0 N–H and O–H groups in total. The van der Waals surface area contributed by atoms with Crippen LogP contribution in [0.15, 0.2) is 35.7 Å². The van der Waals surface area contributed by atoms with Gasteiger partial charge in [0.05, 0.1) is 5.75 Å². The number of amides is 1. The Labute approximate surface area is 154 Å². The van der Waals surface area contributed by atoms with Gasteiger partial charge in [0.2, 0.25) is 5.91 Å². The Morgan fingerprint density at radius 1 is 1.24 bits per heavy atom. The van der Waals surface area contributed by atoms with E-state index in [0.29, 0.717) is 11.8 Å². The Morgan fingerprint density at radius 3 is 2.72 bits per heavy atom. The maximum Gasteiger partial charge on any atom is 0.233 e. The molecule has 1 saturated heterocycles. The van der Waals surface area contributed by atoms with E-state index in [0.717, 1.165) is 36.7 Å². The van der Waals surface area contributed by atoms with Crippen LogP contribution in [-0.2, 0) is 4.79 Å². The molecule has 5 heteroatoms. The van der Waals surface area contributed by atoms with Crippen molar-refractivity contribution in [1.82, 2.24) is 14.5 Å². The molecule has 1 aliphatic rings. The van der Waals surface area contributed by atoms with Crippen LogP contribution in [0.25, 0.3) is 5.69 Å². The second-order valence-electron chi connectivity index (χ2n) is 6.86. The van der Waals surface area contributed by atoms with Crippen molar-refractivity contribution in [3.05, 3.63) is 41.7 Å². The molecular formula is C20H27N3OS. The molecule has 1 aromatic heterocycles. The summed E-state index contributed by atoms with van der Waals surface area (Å²) in [7, 11) is 0. The zero-order valence-electron chi connectivity index (χ0n) is 15.4. The fraction of sp³-hybridized carbons (Fsp3) is 0.500. The lowest BCUT2D eigenvalue weighted by Crippen LogP contribution is -2.44. The van der Waals surface area contributed by atoms with Gasteiger partial charge in [-0.25, -0.2) is 4.98 Å². The number of carbonyl (C=O) groups excluding carboxylic acids is 1. The van der Waals surface area contributed by atoms with Gasteiger partial charge in [-0.05, 0) is 62.8 Å². The van der Waals surface area contributed by atoms with E-state index >= 15 is 0 Å². The van der Waals surface area contributed by atoms with E-state index in [-0.39, 0.29) is 5.91 Å². The normalized spacial score (nSPS) is 17.7. The van der Waals surface area contributed by atoms with E-state index < -0.39 is 0 Å². The highest BCUT2D eigenvalue weighted by molar-refractivity contribution is 7.99. The molecular weight excluding hydrogens is 330 g/mol. The quantitative estimate of drug-likeness (QED) is 0.746. The minimum Gasteiger partial charge on any atom is -0.339 e. The van der Waals surface area contributed by atoms with Crippen LogP contribution in [-0.4, -0.2) is 38.7 Å². The fourth-order valence-corrected chi connectivity index (χ4v) is 4.50. The minimum absolute atomic E-state index is 0.242. The molecule has 0 radical (unpaired) electrons. The summed E-state index contributed by atoms with van der Waals surface area (Å²) in [6, 6.07) is 6.88. The molecule has 25 heavy (non-hydrogen) atoms. The van der Waals surface area contributed by atoms with Crippen molar-refractivity contribution < 1.29 is 4.79 Å². The average Bonchev–Trinajstić information content (AvgIpc) is 3.07. The number of benzene rings is 1. The van der Waals surface area contributed by atoms with E-state index in [4.69, 9.17) is 0 Å². The minimum atomic E-state index is 0.242. The van der Waals surface area contributed by atoms with Crippen LogP contribution in [0.2, 0.25) is 0 Å². The van der Waals surface area contributed by atoms with Crippen molar-refractivity contribution >= 4 is 17.7 Å². The second-order valence-corrected chi connectivity index (χ2v) is 7.80. The summed E-state index contributed by atoms with van der Waals surface area (Å²) in [5.74, 6) is 0.699. The van der Waals surface area contributed by atoms with E-state index in [1.54, 1.807) is 6.20 Å². The lowest BCUT2D eigenvalue weighted by molar-refractivity contribution is -0.132. The summed E-state index contributed by atoms with van der Waals surface area (Å²) in [6.45, 7) is 7.29. The monoisotopic (exact) mass is 357 g/mol. The van der Waals surface area contributed by atoms with Crippen LogP contribution < -0.4 is 0 Å². The second kappa shape index (κ2) is 8.09. The Bertz CT molecular complexity index is 720. The predicted molar refractivity (Wildman–Crippen MR) is 103 cm³/mol. The summed E-state index contributed by atoms with van der Waals surface area (Å²) >= 11 is 1.54. The number of piperidine rings is 1. The zero-order chi connectivity index (χ0) is 17.8. The molecule has 1 unspecified atom stereocenters. The molecule has 0 spiro atoms. The van der Waals surface area contributed by atoms with Gasteiger partial charge in [-0.2, -0.15) is 0 Å². The van der Waals surface area contributed by atoms with Gasteiger partial charge < -0.3 is 4.90 Å². The number of aromatic nitrogens is 2. The van der Waals surface area contributed by atoms with E-state index in [2.05, 4.69) is 53.4 Å². The Balaban J connectivity index is 1.70. The van der Waals surface area contributed by atoms with Gasteiger partial charge in [-0.3, -0.25) is 9.36 Å². The van der Waals surface area contributed by atoms with Crippen LogP contribution in [0.3, 0.4) is 0 Å². The Morgan fingerprint density at radius 2 is 2.00 bits per heavy atom. The molecule has 2 heterocycles. The summed E-state index contributed by atoms with van der Waals surface area (Å²) in [4.78, 5) is 19.2. The van der Waals surface area contributed by atoms with E-state index in [1.807, 2.05) is 6.20 Å². The molecule has 1 aliphatic heterocycles. The van der Waals surface area contributed by atoms with Crippen LogP contribution >= 0.6 is 11.8 Å². The first-order chi connectivity index (χ1) is 12.1. The first-order valence-corrected chi connectivity index (χ1v) is 10.1. The number of hydrogen-bond acceptors (Lipinski definition) is 3. The third-order valence-corrected chi connectivity index (χ3v) is 5.79. The SMILES string of the molecule is CCC1CCCCN1C(=O)CSc1nccn1-c1cc(C)cc(C)c1. The smallest absolute Gasteiger partial charge is 0.233 e. The lowest BCUT2D eigenvalue weighted by Gasteiger charge is -2.35. The van der Waals surface area contributed by atoms with Gasteiger partial charge in [0, 0.05) is 30.7 Å². The van der Waals surface area contributed by atoms with E-state index in [9.17, 15) is 4.79 Å². The van der Waals surface area contributed by atoms with Crippen molar-refractivity contribution in [3.8, 4) is 5.69 Å².